The molecule has 1 N–H and O–H groups in total. The van der Waals surface area contributed by atoms with Gasteiger partial charge in [0, 0.05) is 30.5 Å². The average molecular weight is 583 g/mol. The Hall–Kier alpha value is -1.71. The van der Waals surface area contributed by atoms with Gasteiger partial charge in [0.05, 0.1) is 30.6 Å². The van der Waals surface area contributed by atoms with Crippen LogP contribution >= 0.6 is 15.9 Å². The molecule has 0 radical (unpaired) electrons. The second kappa shape index (κ2) is 12.0. The van der Waals surface area contributed by atoms with Crippen molar-refractivity contribution >= 4 is 33.7 Å². The lowest BCUT2D eigenvalue weighted by Gasteiger charge is -2.40. The molecule has 1 spiro atoms. The highest BCUT2D eigenvalue weighted by atomic mass is 79.9. The summed E-state index contributed by atoms with van der Waals surface area (Å²) < 4.78 is 6.64. The van der Waals surface area contributed by atoms with Gasteiger partial charge in [0.2, 0.25) is 17.7 Å². The number of aliphatic hydroxyl groups is 1. The second-order valence-corrected chi connectivity index (χ2v) is 12.5. The van der Waals surface area contributed by atoms with Crippen molar-refractivity contribution in [1.82, 2.24) is 14.7 Å². The molecule has 0 aromatic rings. The number of fused-ring (bicyclic) bond motifs is 1. The van der Waals surface area contributed by atoms with Gasteiger partial charge in [-0.15, -0.1) is 13.2 Å². The fraction of sp³-hybridized carbons (Fsp3) is 0.750. The Morgan fingerprint density at radius 3 is 2.38 bits per heavy atom. The van der Waals surface area contributed by atoms with Crippen molar-refractivity contribution in [3.63, 3.8) is 0 Å². The maximum Gasteiger partial charge on any atom is 0.248 e. The number of amides is 3. The van der Waals surface area contributed by atoms with Crippen LogP contribution in [0.4, 0.5) is 0 Å². The lowest BCUT2D eigenvalue weighted by Crippen LogP contribution is -2.60. The lowest BCUT2D eigenvalue weighted by atomic mass is 9.70. The van der Waals surface area contributed by atoms with Crippen molar-refractivity contribution in [2.45, 2.75) is 88.5 Å². The largest absolute Gasteiger partial charge is 0.394 e. The number of halogens is 1. The van der Waals surface area contributed by atoms with Crippen LogP contribution in [0.25, 0.3) is 0 Å². The van der Waals surface area contributed by atoms with Crippen LogP contribution in [0.15, 0.2) is 25.3 Å². The molecule has 37 heavy (non-hydrogen) atoms. The molecule has 0 aliphatic carbocycles. The second-order valence-electron chi connectivity index (χ2n) is 11.3. The van der Waals surface area contributed by atoms with Gasteiger partial charge in [0.25, 0.3) is 0 Å². The first-order valence-corrected chi connectivity index (χ1v) is 14.5. The van der Waals surface area contributed by atoms with Gasteiger partial charge < -0.3 is 24.5 Å². The number of hydrogen-bond donors (Lipinski definition) is 1. The van der Waals surface area contributed by atoms with Crippen LogP contribution in [0, 0.1) is 17.8 Å². The van der Waals surface area contributed by atoms with Gasteiger partial charge in [-0.3, -0.25) is 14.4 Å². The molecule has 2 bridgehead atoms. The summed E-state index contributed by atoms with van der Waals surface area (Å²) in [5, 5.41) is 10.4. The monoisotopic (exact) mass is 581 g/mol. The molecule has 8 nitrogen and oxygen atoms in total. The topological polar surface area (TPSA) is 90.4 Å². The first kappa shape index (κ1) is 29.8. The van der Waals surface area contributed by atoms with Crippen molar-refractivity contribution < 1.29 is 24.2 Å². The number of aliphatic hydroxyl groups excluding tert-OH is 1. The Morgan fingerprint density at radius 1 is 1.22 bits per heavy atom. The van der Waals surface area contributed by atoms with E-state index in [1.165, 1.54) is 0 Å². The fourth-order valence-corrected chi connectivity index (χ4v) is 7.56. The minimum atomic E-state index is -1.14. The highest BCUT2D eigenvalue weighted by molar-refractivity contribution is 9.09. The van der Waals surface area contributed by atoms with Crippen molar-refractivity contribution in [2.75, 3.05) is 26.2 Å². The maximum atomic E-state index is 14.3. The Bertz CT molecular complexity index is 895. The van der Waals surface area contributed by atoms with E-state index in [1.807, 2.05) is 34.6 Å². The minimum absolute atomic E-state index is 0.126. The quantitative estimate of drug-likeness (QED) is 0.267. The molecule has 0 saturated carbocycles. The lowest BCUT2D eigenvalue weighted by molar-refractivity contribution is -0.153. The number of carbonyl (C=O) groups excluding carboxylic acids is 3. The van der Waals surface area contributed by atoms with E-state index in [0.29, 0.717) is 32.5 Å². The summed E-state index contributed by atoms with van der Waals surface area (Å²) in [5.74, 6) is -1.92. The van der Waals surface area contributed by atoms with Crippen molar-refractivity contribution in [1.29, 1.82) is 0 Å². The average Bonchev–Trinajstić information content (AvgIpc) is 3.43. The van der Waals surface area contributed by atoms with Crippen LogP contribution in [0.2, 0.25) is 0 Å². The zero-order valence-corrected chi connectivity index (χ0v) is 24.5. The number of nitrogens with zero attached hydrogens (tertiary/aromatic N) is 3. The first-order chi connectivity index (χ1) is 17.5. The van der Waals surface area contributed by atoms with Crippen LogP contribution in [0.1, 0.15) is 53.9 Å². The molecule has 3 aliphatic rings. The summed E-state index contributed by atoms with van der Waals surface area (Å²) in [6.07, 6.45) is 4.62. The number of rotatable bonds is 13. The molecule has 3 unspecified atom stereocenters. The first-order valence-electron chi connectivity index (χ1n) is 13.6. The van der Waals surface area contributed by atoms with Crippen LogP contribution in [-0.2, 0) is 19.1 Å². The smallest absolute Gasteiger partial charge is 0.248 e. The summed E-state index contributed by atoms with van der Waals surface area (Å²) in [4.78, 5) is 47.4. The molecule has 7 atom stereocenters. The molecule has 3 fully saturated rings. The predicted octanol–water partition coefficient (Wildman–Crippen LogP) is 2.99. The standard InChI is InChI=1S/C28H44BrN3O5/c1-8-11-30(12-9-2)25(34)21-22-26(35)32(19(16-33)14-17(4)5)24(27(36)31(13-10-3)18(6)7)28(22)15-20(29)23(21)37-28/h8,10,17-24,33H,1,3,9,11-16H2,2,4-7H3/t19-,20?,21+,22+,23+,24?,28?/m1/s1. The third kappa shape index (κ3) is 5.15. The number of carbonyl (C=O) groups is 3. The number of hydrogen-bond acceptors (Lipinski definition) is 5. The summed E-state index contributed by atoms with van der Waals surface area (Å²) >= 11 is 3.73. The molecule has 3 heterocycles. The van der Waals surface area contributed by atoms with Crippen LogP contribution in [0.3, 0.4) is 0 Å². The number of alkyl halides is 1. The fourth-order valence-electron chi connectivity index (χ4n) is 6.62. The van der Waals surface area contributed by atoms with Gasteiger partial charge in [-0.2, -0.15) is 0 Å². The molecular formula is C28H44BrN3O5. The zero-order chi connectivity index (χ0) is 27.7. The van der Waals surface area contributed by atoms with Gasteiger partial charge in [-0.1, -0.05) is 48.9 Å². The van der Waals surface area contributed by atoms with E-state index < -0.39 is 35.6 Å². The van der Waals surface area contributed by atoms with Gasteiger partial charge in [-0.05, 0) is 39.0 Å². The van der Waals surface area contributed by atoms with Gasteiger partial charge >= 0.3 is 0 Å². The van der Waals surface area contributed by atoms with Gasteiger partial charge in [-0.25, -0.2) is 0 Å². The molecular weight excluding hydrogens is 538 g/mol. The Morgan fingerprint density at radius 2 is 1.86 bits per heavy atom. The predicted molar refractivity (Wildman–Crippen MR) is 147 cm³/mol. The molecule has 3 aliphatic heterocycles. The van der Waals surface area contributed by atoms with Gasteiger partial charge in [0.1, 0.15) is 11.6 Å². The maximum absolute atomic E-state index is 14.3. The Balaban J connectivity index is 2.15. The van der Waals surface area contributed by atoms with E-state index in [-0.39, 0.29) is 41.1 Å². The van der Waals surface area contributed by atoms with E-state index in [2.05, 4.69) is 29.1 Å². The number of ether oxygens (including phenoxy) is 1. The number of likely N-dealkylation sites (tertiary alicyclic amines) is 1. The van der Waals surface area contributed by atoms with Crippen LogP contribution in [0.5, 0.6) is 0 Å². The van der Waals surface area contributed by atoms with Crippen molar-refractivity contribution in [3.8, 4) is 0 Å². The van der Waals surface area contributed by atoms with E-state index in [9.17, 15) is 19.5 Å². The molecule has 3 saturated heterocycles. The normalized spacial score (nSPS) is 31.1. The SMILES string of the molecule is C=CCN(CCC)C(=O)[C@H]1[C@H]2C(=O)N([C@@H](CO)CC(C)C)C(C(=O)N(CC=C)C(C)C)C23CC(Br)[C@@H]1O3. The molecule has 3 rings (SSSR count). The molecule has 208 valence electrons. The van der Waals surface area contributed by atoms with E-state index in [1.54, 1.807) is 26.9 Å². The third-order valence-electron chi connectivity index (χ3n) is 7.98. The third-order valence-corrected chi connectivity index (χ3v) is 8.83. The van der Waals surface area contributed by atoms with Crippen LogP contribution < -0.4 is 0 Å². The van der Waals surface area contributed by atoms with E-state index in [4.69, 9.17) is 4.74 Å². The van der Waals surface area contributed by atoms with Gasteiger partial charge in [0.15, 0.2) is 0 Å². The zero-order valence-electron chi connectivity index (χ0n) is 22.9. The summed E-state index contributed by atoms with van der Waals surface area (Å²) in [5.41, 5.74) is -1.14. The van der Waals surface area contributed by atoms with E-state index >= 15 is 0 Å². The van der Waals surface area contributed by atoms with Crippen molar-refractivity contribution in [3.05, 3.63) is 25.3 Å². The molecule has 0 aromatic carbocycles. The van der Waals surface area contributed by atoms with E-state index in [0.717, 1.165) is 6.42 Å². The highest BCUT2D eigenvalue weighted by Gasteiger charge is 2.77. The Labute approximate surface area is 230 Å². The minimum Gasteiger partial charge on any atom is -0.394 e. The molecule has 3 amide bonds. The molecule has 9 heteroatoms. The van der Waals surface area contributed by atoms with Crippen LogP contribution in [-0.4, -0.2) is 98.4 Å². The Kier molecular flexibility index (Phi) is 9.67. The summed E-state index contributed by atoms with van der Waals surface area (Å²) in [7, 11) is 0. The summed E-state index contributed by atoms with van der Waals surface area (Å²) in [6, 6.07) is -1.60. The molecule has 0 aromatic heterocycles. The summed E-state index contributed by atoms with van der Waals surface area (Å²) in [6.45, 7) is 18.5. The van der Waals surface area contributed by atoms with Crippen molar-refractivity contribution in [2.24, 2.45) is 17.8 Å². The highest BCUT2D eigenvalue weighted by Crippen LogP contribution is 2.61.